The molecule has 3 rings (SSSR count). The van der Waals surface area contributed by atoms with Gasteiger partial charge < -0.3 is 14.6 Å². The molecule has 0 aromatic heterocycles. The zero-order chi connectivity index (χ0) is 13.4. The van der Waals surface area contributed by atoms with Gasteiger partial charge in [0.2, 0.25) is 0 Å². The molecule has 0 aliphatic carbocycles. The van der Waals surface area contributed by atoms with Gasteiger partial charge in [-0.25, -0.2) is 0 Å². The summed E-state index contributed by atoms with van der Waals surface area (Å²) in [5.41, 5.74) is 2.10. The van der Waals surface area contributed by atoms with Crippen LogP contribution in [-0.2, 0) is 11.2 Å². The van der Waals surface area contributed by atoms with Crippen molar-refractivity contribution in [1.29, 1.82) is 0 Å². The smallest absolute Gasteiger partial charge is 0.128 e. The van der Waals surface area contributed by atoms with Crippen LogP contribution in [0.1, 0.15) is 37.0 Å². The lowest BCUT2D eigenvalue weighted by atomic mass is 9.88. The lowest BCUT2D eigenvalue weighted by Crippen LogP contribution is -2.22. The number of hydrogen-bond donors (Lipinski definition) is 1. The first-order valence-corrected chi connectivity index (χ1v) is 7.74. The van der Waals surface area contributed by atoms with Crippen molar-refractivity contribution in [3.05, 3.63) is 27.7 Å². The van der Waals surface area contributed by atoms with Crippen molar-refractivity contribution in [2.45, 2.75) is 38.4 Å². The fraction of sp³-hybridized carbons (Fsp3) is 0.600. The molecule has 1 fully saturated rings. The van der Waals surface area contributed by atoms with Gasteiger partial charge in [0.1, 0.15) is 5.75 Å². The summed E-state index contributed by atoms with van der Waals surface area (Å²) in [7, 11) is 0. The highest BCUT2D eigenvalue weighted by Crippen LogP contribution is 2.42. The molecule has 1 aromatic carbocycles. The summed E-state index contributed by atoms with van der Waals surface area (Å²) in [4.78, 5) is 0. The maximum absolute atomic E-state index is 10.7. The predicted molar refractivity (Wildman–Crippen MR) is 76.4 cm³/mol. The van der Waals surface area contributed by atoms with Gasteiger partial charge in [-0.3, -0.25) is 0 Å². The van der Waals surface area contributed by atoms with E-state index in [1.54, 1.807) is 0 Å². The van der Waals surface area contributed by atoms with Crippen LogP contribution >= 0.6 is 15.9 Å². The highest BCUT2D eigenvalue weighted by atomic mass is 79.9. The summed E-state index contributed by atoms with van der Waals surface area (Å²) in [6.07, 6.45) is 2.44. The van der Waals surface area contributed by atoms with Gasteiger partial charge in [-0.15, -0.1) is 0 Å². The van der Waals surface area contributed by atoms with E-state index in [4.69, 9.17) is 9.47 Å². The van der Waals surface area contributed by atoms with Crippen LogP contribution < -0.4 is 4.74 Å². The van der Waals surface area contributed by atoms with Crippen molar-refractivity contribution in [2.24, 2.45) is 5.92 Å². The molecular weight excluding hydrogens is 308 g/mol. The Balaban J connectivity index is 1.93. The second kappa shape index (κ2) is 5.43. The van der Waals surface area contributed by atoms with Crippen molar-refractivity contribution in [3.63, 3.8) is 0 Å². The van der Waals surface area contributed by atoms with Crippen LogP contribution in [0.25, 0.3) is 0 Å². The number of aliphatic hydroxyl groups excluding tert-OH is 1. The van der Waals surface area contributed by atoms with E-state index in [-0.39, 0.29) is 12.0 Å². The van der Waals surface area contributed by atoms with Gasteiger partial charge in [-0.05, 0) is 30.5 Å². The SMILES string of the molecule is CCC1OCCC1C(O)c1cc(Br)cc2c1OCC2. The van der Waals surface area contributed by atoms with E-state index in [0.29, 0.717) is 6.61 Å². The van der Waals surface area contributed by atoms with Gasteiger partial charge >= 0.3 is 0 Å². The normalized spacial score (nSPS) is 27.1. The quantitative estimate of drug-likeness (QED) is 0.926. The van der Waals surface area contributed by atoms with Gasteiger partial charge in [0.15, 0.2) is 0 Å². The van der Waals surface area contributed by atoms with Crippen LogP contribution in [0.4, 0.5) is 0 Å². The molecule has 2 aliphatic rings. The van der Waals surface area contributed by atoms with Crippen LogP contribution in [0, 0.1) is 5.92 Å². The zero-order valence-electron chi connectivity index (χ0n) is 11.1. The fourth-order valence-corrected chi connectivity index (χ4v) is 3.72. The number of ether oxygens (including phenoxy) is 2. The Morgan fingerprint density at radius 1 is 1.42 bits per heavy atom. The molecule has 0 spiro atoms. The third-order valence-corrected chi connectivity index (χ3v) is 4.62. The molecule has 19 heavy (non-hydrogen) atoms. The van der Waals surface area contributed by atoms with Crippen molar-refractivity contribution in [3.8, 4) is 5.75 Å². The lowest BCUT2D eigenvalue weighted by molar-refractivity contribution is 0.0297. The van der Waals surface area contributed by atoms with Crippen LogP contribution in [0.2, 0.25) is 0 Å². The Labute approximate surface area is 122 Å². The average Bonchev–Trinajstić information content (AvgIpc) is 3.04. The number of rotatable bonds is 3. The first kappa shape index (κ1) is 13.4. The Kier molecular flexibility index (Phi) is 3.83. The maximum atomic E-state index is 10.7. The molecule has 1 aromatic rings. The third-order valence-electron chi connectivity index (χ3n) is 4.16. The molecule has 0 saturated carbocycles. The predicted octanol–water partition coefficient (Wildman–Crippen LogP) is 3.23. The largest absolute Gasteiger partial charge is 0.493 e. The molecule has 2 aliphatic heterocycles. The molecule has 1 saturated heterocycles. The minimum atomic E-state index is -0.503. The molecule has 2 heterocycles. The second-order valence-electron chi connectivity index (χ2n) is 5.30. The Morgan fingerprint density at radius 2 is 2.26 bits per heavy atom. The molecule has 0 amide bonds. The number of benzene rings is 1. The molecule has 3 atom stereocenters. The van der Waals surface area contributed by atoms with E-state index in [1.165, 1.54) is 5.56 Å². The lowest BCUT2D eigenvalue weighted by Gasteiger charge is -2.24. The highest BCUT2D eigenvalue weighted by molar-refractivity contribution is 9.10. The van der Waals surface area contributed by atoms with E-state index in [2.05, 4.69) is 28.9 Å². The highest BCUT2D eigenvalue weighted by Gasteiger charge is 2.36. The Bertz CT molecular complexity index is 475. The molecular formula is C15H19BrO3. The van der Waals surface area contributed by atoms with Gasteiger partial charge in [0.05, 0.1) is 18.8 Å². The van der Waals surface area contributed by atoms with Crippen molar-refractivity contribution >= 4 is 15.9 Å². The number of hydrogen-bond acceptors (Lipinski definition) is 3. The van der Waals surface area contributed by atoms with Crippen LogP contribution in [-0.4, -0.2) is 24.4 Å². The minimum Gasteiger partial charge on any atom is -0.493 e. The van der Waals surface area contributed by atoms with Crippen LogP contribution in [0.5, 0.6) is 5.75 Å². The van der Waals surface area contributed by atoms with E-state index >= 15 is 0 Å². The number of halogens is 1. The Hall–Kier alpha value is -0.580. The first-order valence-electron chi connectivity index (χ1n) is 6.95. The molecule has 0 bridgehead atoms. The molecule has 104 valence electrons. The molecule has 4 heteroatoms. The van der Waals surface area contributed by atoms with E-state index in [1.807, 2.05) is 6.07 Å². The second-order valence-corrected chi connectivity index (χ2v) is 6.21. The summed E-state index contributed by atoms with van der Waals surface area (Å²) in [5.74, 6) is 1.06. The Morgan fingerprint density at radius 3 is 3.05 bits per heavy atom. The summed E-state index contributed by atoms with van der Waals surface area (Å²) >= 11 is 3.53. The molecule has 1 N–H and O–H groups in total. The van der Waals surface area contributed by atoms with Crippen molar-refractivity contribution < 1.29 is 14.6 Å². The molecule has 3 unspecified atom stereocenters. The topological polar surface area (TPSA) is 38.7 Å². The first-order chi connectivity index (χ1) is 9.20. The molecule has 0 radical (unpaired) electrons. The minimum absolute atomic E-state index is 0.158. The van der Waals surface area contributed by atoms with E-state index in [9.17, 15) is 5.11 Å². The summed E-state index contributed by atoms with van der Waals surface area (Å²) in [6.45, 7) is 3.57. The molecule has 3 nitrogen and oxygen atoms in total. The van der Waals surface area contributed by atoms with Crippen molar-refractivity contribution in [1.82, 2.24) is 0 Å². The fourth-order valence-electron chi connectivity index (χ4n) is 3.20. The summed E-state index contributed by atoms with van der Waals surface area (Å²) < 4.78 is 12.4. The van der Waals surface area contributed by atoms with Gasteiger partial charge in [-0.1, -0.05) is 22.9 Å². The van der Waals surface area contributed by atoms with Gasteiger partial charge in [0.25, 0.3) is 0 Å². The van der Waals surface area contributed by atoms with Gasteiger partial charge in [0, 0.05) is 29.0 Å². The number of aliphatic hydroxyl groups is 1. The zero-order valence-corrected chi connectivity index (χ0v) is 12.6. The summed E-state index contributed by atoms with van der Waals surface area (Å²) in [5, 5.41) is 10.7. The third kappa shape index (κ3) is 2.41. The number of fused-ring (bicyclic) bond motifs is 1. The maximum Gasteiger partial charge on any atom is 0.128 e. The van der Waals surface area contributed by atoms with Crippen LogP contribution in [0.15, 0.2) is 16.6 Å². The van der Waals surface area contributed by atoms with E-state index < -0.39 is 6.10 Å². The summed E-state index contributed by atoms with van der Waals surface area (Å²) in [6, 6.07) is 4.07. The standard InChI is InChI=1S/C15H19BrO3/c1-2-13-11(4-6-18-13)14(17)12-8-10(16)7-9-3-5-19-15(9)12/h7-8,11,13-14,17H,2-6H2,1H3. The van der Waals surface area contributed by atoms with Crippen LogP contribution in [0.3, 0.4) is 0 Å². The average molecular weight is 327 g/mol. The van der Waals surface area contributed by atoms with Crippen molar-refractivity contribution in [2.75, 3.05) is 13.2 Å². The van der Waals surface area contributed by atoms with Gasteiger partial charge in [-0.2, -0.15) is 0 Å². The van der Waals surface area contributed by atoms with E-state index in [0.717, 1.165) is 41.7 Å². The monoisotopic (exact) mass is 326 g/mol.